The number of aliphatic imine (C=N–C) groups is 1. The van der Waals surface area contributed by atoms with Gasteiger partial charge >= 0.3 is 0 Å². The molecule has 0 saturated carbocycles. The van der Waals surface area contributed by atoms with Gasteiger partial charge in [-0.15, -0.1) is 0 Å². The summed E-state index contributed by atoms with van der Waals surface area (Å²) in [6, 6.07) is 0. The van der Waals surface area contributed by atoms with Gasteiger partial charge in [0.15, 0.2) is 0 Å². The van der Waals surface area contributed by atoms with E-state index in [1.807, 2.05) is 6.92 Å². The molecule has 2 nitrogen and oxygen atoms in total. The Morgan fingerprint density at radius 3 is 2.31 bits per heavy atom. The van der Waals surface area contributed by atoms with E-state index < -0.39 is 0 Å². The van der Waals surface area contributed by atoms with E-state index in [9.17, 15) is 0 Å². The number of rotatable bonds is 1. The molecule has 6 heteroatoms. The first-order valence-corrected chi connectivity index (χ1v) is 6.11. The molecule has 0 unspecified atom stereocenters. The van der Waals surface area contributed by atoms with Crippen LogP contribution in [0.15, 0.2) is 4.99 Å². The first-order valence-electron chi connectivity index (χ1n) is 4.60. The van der Waals surface area contributed by atoms with Crippen molar-refractivity contribution in [2.75, 3.05) is 6.61 Å². The van der Waals surface area contributed by atoms with Crippen LogP contribution < -0.4 is 0 Å². The highest BCUT2D eigenvalue weighted by atomic mass is 35.5. The zero-order valence-corrected chi connectivity index (χ0v) is 11.3. The fraction of sp³-hybridized carbons (Fsp3) is 0.300. The minimum Gasteiger partial charge on any atom is -0.478 e. The van der Waals surface area contributed by atoms with Crippen molar-refractivity contribution in [3.05, 3.63) is 31.2 Å². The quantitative estimate of drug-likeness (QED) is 0.548. The molecule has 1 aromatic carbocycles. The van der Waals surface area contributed by atoms with Gasteiger partial charge < -0.3 is 4.74 Å². The summed E-state index contributed by atoms with van der Waals surface area (Å²) in [5, 5.41) is 1.24. The first kappa shape index (κ1) is 12.3. The van der Waals surface area contributed by atoms with E-state index in [-0.39, 0.29) is 10.0 Å². The van der Waals surface area contributed by atoms with Crippen molar-refractivity contribution in [3.63, 3.8) is 0 Å². The van der Waals surface area contributed by atoms with Gasteiger partial charge in [0, 0.05) is 5.56 Å². The predicted octanol–water partition coefficient (Wildman–Crippen LogP) is 4.60. The largest absolute Gasteiger partial charge is 0.478 e. The van der Waals surface area contributed by atoms with Crippen LogP contribution in [0, 0.1) is 0 Å². The van der Waals surface area contributed by atoms with Crippen LogP contribution in [0.25, 0.3) is 0 Å². The molecule has 16 heavy (non-hydrogen) atoms. The van der Waals surface area contributed by atoms with E-state index in [4.69, 9.17) is 51.1 Å². The highest BCUT2D eigenvalue weighted by molar-refractivity contribution is 6.53. The second-order valence-electron chi connectivity index (χ2n) is 3.16. The fourth-order valence-corrected chi connectivity index (χ4v) is 2.57. The topological polar surface area (TPSA) is 21.6 Å². The van der Waals surface area contributed by atoms with Crippen molar-refractivity contribution in [2.45, 2.75) is 13.5 Å². The van der Waals surface area contributed by atoms with Crippen molar-refractivity contribution >= 4 is 52.3 Å². The number of halogens is 4. The molecule has 1 aliphatic rings. The summed E-state index contributed by atoms with van der Waals surface area (Å²) in [6.07, 6.45) is 0. The van der Waals surface area contributed by atoms with E-state index in [2.05, 4.69) is 4.99 Å². The number of fused-ring (bicyclic) bond motifs is 1. The summed E-state index contributed by atoms with van der Waals surface area (Å²) in [6.45, 7) is 2.79. The molecular weight excluding hydrogens is 292 g/mol. The van der Waals surface area contributed by atoms with Gasteiger partial charge in [-0.2, -0.15) is 0 Å². The van der Waals surface area contributed by atoms with Gasteiger partial charge in [0.2, 0.25) is 5.90 Å². The lowest BCUT2D eigenvalue weighted by Gasteiger charge is -2.11. The van der Waals surface area contributed by atoms with E-state index in [0.717, 1.165) is 5.56 Å². The molecule has 2 rings (SSSR count). The highest BCUT2D eigenvalue weighted by Crippen LogP contribution is 2.43. The third-order valence-corrected chi connectivity index (χ3v) is 4.08. The summed E-state index contributed by atoms with van der Waals surface area (Å²) >= 11 is 24.1. The molecule has 0 amide bonds. The normalized spacial score (nSPS) is 13.7. The van der Waals surface area contributed by atoms with E-state index >= 15 is 0 Å². The number of benzene rings is 1. The zero-order chi connectivity index (χ0) is 11.9. The summed E-state index contributed by atoms with van der Waals surface area (Å²) in [5.74, 6) is 0.475. The SMILES string of the molecule is CCOC1=NCc2c(Cl)c(Cl)c(Cl)c(Cl)c21. The lowest BCUT2D eigenvalue weighted by atomic mass is 10.1. The van der Waals surface area contributed by atoms with Crippen LogP contribution in [-0.2, 0) is 11.3 Å². The van der Waals surface area contributed by atoms with E-state index in [1.165, 1.54) is 0 Å². The van der Waals surface area contributed by atoms with Crippen LogP contribution in [0.5, 0.6) is 0 Å². The Hall–Kier alpha value is -0.150. The molecule has 0 aromatic heterocycles. The Labute approximate surface area is 113 Å². The second kappa shape index (κ2) is 4.61. The highest BCUT2D eigenvalue weighted by Gasteiger charge is 2.27. The molecule has 0 N–H and O–H groups in total. The van der Waals surface area contributed by atoms with Crippen LogP contribution >= 0.6 is 46.4 Å². The van der Waals surface area contributed by atoms with Crippen LogP contribution in [0.2, 0.25) is 20.1 Å². The lowest BCUT2D eigenvalue weighted by Crippen LogP contribution is -2.05. The average Bonchev–Trinajstić information content (AvgIpc) is 2.68. The number of nitrogens with zero attached hydrogens (tertiary/aromatic N) is 1. The van der Waals surface area contributed by atoms with Gasteiger partial charge in [0.05, 0.1) is 38.8 Å². The Morgan fingerprint density at radius 1 is 1.06 bits per heavy atom. The van der Waals surface area contributed by atoms with Gasteiger partial charge in [-0.05, 0) is 6.92 Å². The molecule has 1 aromatic rings. The molecule has 0 radical (unpaired) electrons. The number of hydrogen-bond acceptors (Lipinski definition) is 2. The van der Waals surface area contributed by atoms with Crippen molar-refractivity contribution in [2.24, 2.45) is 4.99 Å². The van der Waals surface area contributed by atoms with E-state index in [0.29, 0.717) is 34.7 Å². The van der Waals surface area contributed by atoms with Crippen molar-refractivity contribution in [1.82, 2.24) is 0 Å². The molecule has 0 bridgehead atoms. The summed E-state index contributed by atoms with van der Waals surface area (Å²) < 4.78 is 5.37. The van der Waals surface area contributed by atoms with Gasteiger partial charge in [-0.25, -0.2) is 4.99 Å². The Kier molecular flexibility index (Phi) is 3.55. The standard InChI is InChI=1S/C10H7Cl4NO/c1-2-16-10-5-4(3-15-10)6(11)8(13)9(14)7(5)12/h2-3H2,1H3. The molecule has 1 aliphatic heterocycles. The molecule has 86 valence electrons. The van der Waals surface area contributed by atoms with Crippen molar-refractivity contribution < 1.29 is 4.74 Å². The van der Waals surface area contributed by atoms with Gasteiger partial charge in [0.1, 0.15) is 0 Å². The zero-order valence-electron chi connectivity index (χ0n) is 8.28. The number of ether oxygens (including phenoxy) is 1. The molecule has 0 spiro atoms. The average molecular weight is 299 g/mol. The van der Waals surface area contributed by atoms with E-state index in [1.54, 1.807) is 0 Å². The minimum atomic E-state index is 0.237. The molecule has 0 atom stereocenters. The molecular formula is C10H7Cl4NO. The third-order valence-electron chi connectivity index (χ3n) is 2.24. The monoisotopic (exact) mass is 297 g/mol. The van der Waals surface area contributed by atoms with Gasteiger partial charge in [0.25, 0.3) is 0 Å². The molecule has 0 saturated heterocycles. The predicted molar refractivity (Wildman–Crippen MR) is 68.3 cm³/mol. The Balaban J connectivity index is 2.63. The van der Waals surface area contributed by atoms with Gasteiger partial charge in [-0.1, -0.05) is 46.4 Å². The maximum absolute atomic E-state index is 6.11. The summed E-state index contributed by atoms with van der Waals surface area (Å²) in [5.41, 5.74) is 1.42. The van der Waals surface area contributed by atoms with Crippen LogP contribution in [0.4, 0.5) is 0 Å². The minimum absolute atomic E-state index is 0.237. The smallest absolute Gasteiger partial charge is 0.218 e. The van der Waals surface area contributed by atoms with Crippen LogP contribution in [-0.4, -0.2) is 12.5 Å². The third kappa shape index (κ3) is 1.78. The Bertz CT molecular complexity index is 484. The molecule has 1 heterocycles. The molecule has 0 aliphatic carbocycles. The maximum atomic E-state index is 6.11. The summed E-state index contributed by atoms with van der Waals surface area (Å²) in [7, 11) is 0. The van der Waals surface area contributed by atoms with Crippen LogP contribution in [0.1, 0.15) is 18.1 Å². The fourth-order valence-electron chi connectivity index (χ4n) is 1.53. The maximum Gasteiger partial charge on any atom is 0.218 e. The van der Waals surface area contributed by atoms with Crippen LogP contribution in [0.3, 0.4) is 0 Å². The second-order valence-corrected chi connectivity index (χ2v) is 4.68. The van der Waals surface area contributed by atoms with Crippen molar-refractivity contribution in [1.29, 1.82) is 0 Å². The molecule has 0 fully saturated rings. The first-order chi connectivity index (χ1) is 7.57. The van der Waals surface area contributed by atoms with Gasteiger partial charge in [-0.3, -0.25) is 0 Å². The lowest BCUT2D eigenvalue weighted by molar-refractivity contribution is 0.329. The van der Waals surface area contributed by atoms with Crippen molar-refractivity contribution in [3.8, 4) is 0 Å². The number of hydrogen-bond donors (Lipinski definition) is 0. The Morgan fingerprint density at radius 2 is 1.69 bits per heavy atom. The summed E-state index contributed by atoms with van der Waals surface area (Å²) in [4.78, 5) is 4.21.